The first kappa shape index (κ1) is 17.5. The predicted octanol–water partition coefficient (Wildman–Crippen LogP) is 3.23. The molecule has 0 radical (unpaired) electrons. The molecule has 2 rings (SSSR count). The number of halogens is 1. The van der Waals surface area contributed by atoms with Crippen molar-refractivity contribution in [3.63, 3.8) is 0 Å². The third-order valence-electron chi connectivity index (χ3n) is 3.27. The molecule has 0 fully saturated rings. The highest BCUT2D eigenvalue weighted by Gasteiger charge is 2.12. The van der Waals surface area contributed by atoms with E-state index >= 15 is 0 Å². The van der Waals surface area contributed by atoms with Gasteiger partial charge in [-0.25, -0.2) is 0 Å². The van der Waals surface area contributed by atoms with Gasteiger partial charge in [0.1, 0.15) is 12.4 Å². The lowest BCUT2D eigenvalue weighted by molar-refractivity contribution is 0.0773. The number of likely N-dealkylation sites (N-methyl/N-ethyl adjacent to an activating group) is 1. The van der Waals surface area contributed by atoms with Crippen LogP contribution in [0.1, 0.15) is 10.4 Å². The van der Waals surface area contributed by atoms with Crippen molar-refractivity contribution in [3.05, 3.63) is 59.1 Å². The Labute approximate surface area is 143 Å². The van der Waals surface area contributed by atoms with E-state index in [1.165, 1.54) is 0 Å². The van der Waals surface area contributed by atoms with Gasteiger partial charge < -0.3 is 9.64 Å². The molecule has 0 aliphatic rings. The van der Waals surface area contributed by atoms with Gasteiger partial charge in [-0.1, -0.05) is 17.7 Å². The maximum absolute atomic E-state index is 12.3. The molecule has 0 saturated heterocycles. The number of rotatable bonds is 6. The average Bonchev–Trinajstić information content (AvgIpc) is 2.54. The largest absolute Gasteiger partial charge is 0.492 e. The monoisotopic (exact) mass is 351 g/mol. The van der Waals surface area contributed by atoms with Crippen molar-refractivity contribution in [3.8, 4) is 5.75 Å². The molecule has 0 spiro atoms. The summed E-state index contributed by atoms with van der Waals surface area (Å²) in [6, 6.07) is 13.9. The van der Waals surface area contributed by atoms with Crippen molar-refractivity contribution in [2.75, 3.05) is 26.5 Å². The summed E-state index contributed by atoms with van der Waals surface area (Å²) < 4.78 is 16.9. The van der Waals surface area contributed by atoms with E-state index in [0.717, 1.165) is 0 Å². The second-order valence-electron chi connectivity index (χ2n) is 5.01. The zero-order valence-corrected chi connectivity index (χ0v) is 14.6. The third kappa shape index (κ3) is 5.08. The molecule has 0 N–H and O–H groups in total. The van der Waals surface area contributed by atoms with Gasteiger partial charge in [0, 0.05) is 39.6 Å². The Kier molecular flexibility index (Phi) is 6.19. The molecule has 2 aromatic rings. The zero-order valence-electron chi connectivity index (χ0n) is 13.0. The summed E-state index contributed by atoms with van der Waals surface area (Å²) in [4.78, 5) is 14.6. The molecule has 6 heteroatoms. The van der Waals surface area contributed by atoms with Gasteiger partial charge in [0.05, 0.1) is 6.54 Å². The Balaban J connectivity index is 1.88. The standard InChI is InChI=1S/C17H18ClNO3S/c1-19(10-11-22-15-5-3-4-14(18)12-15)17(20)13-6-8-16(9-7-13)23(2)21/h3-9,12H,10-11H2,1-2H3. The summed E-state index contributed by atoms with van der Waals surface area (Å²) in [6.45, 7) is 0.826. The van der Waals surface area contributed by atoms with Crippen LogP contribution in [-0.2, 0) is 10.8 Å². The fourth-order valence-corrected chi connectivity index (χ4v) is 2.67. The third-order valence-corrected chi connectivity index (χ3v) is 4.44. The van der Waals surface area contributed by atoms with Crippen molar-refractivity contribution in [2.24, 2.45) is 0 Å². The molecule has 122 valence electrons. The molecule has 1 unspecified atom stereocenters. The molecular weight excluding hydrogens is 334 g/mol. The van der Waals surface area contributed by atoms with E-state index in [9.17, 15) is 9.00 Å². The van der Waals surface area contributed by atoms with E-state index in [0.29, 0.717) is 34.4 Å². The molecule has 2 aromatic carbocycles. The molecule has 0 saturated carbocycles. The number of carbonyl (C=O) groups excluding carboxylic acids is 1. The Morgan fingerprint density at radius 3 is 2.52 bits per heavy atom. The van der Waals surface area contributed by atoms with E-state index in [4.69, 9.17) is 16.3 Å². The van der Waals surface area contributed by atoms with Gasteiger partial charge in [0.2, 0.25) is 0 Å². The van der Waals surface area contributed by atoms with Crippen LogP contribution in [0.15, 0.2) is 53.4 Å². The van der Waals surface area contributed by atoms with Crippen LogP contribution in [-0.4, -0.2) is 41.5 Å². The van der Waals surface area contributed by atoms with Crippen LogP contribution < -0.4 is 4.74 Å². The fourth-order valence-electron chi connectivity index (χ4n) is 1.97. The van der Waals surface area contributed by atoms with Crippen molar-refractivity contribution in [1.29, 1.82) is 0 Å². The molecule has 4 nitrogen and oxygen atoms in total. The molecule has 0 aromatic heterocycles. The second-order valence-corrected chi connectivity index (χ2v) is 6.83. The first-order chi connectivity index (χ1) is 11.0. The van der Waals surface area contributed by atoms with Crippen LogP contribution in [0.25, 0.3) is 0 Å². The van der Waals surface area contributed by atoms with Gasteiger partial charge in [0.15, 0.2) is 0 Å². The molecule has 0 bridgehead atoms. The van der Waals surface area contributed by atoms with Crippen LogP contribution in [0.5, 0.6) is 5.75 Å². The Morgan fingerprint density at radius 2 is 1.91 bits per heavy atom. The highest BCUT2D eigenvalue weighted by Crippen LogP contribution is 2.17. The molecule has 23 heavy (non-hydrogen) atoms. The van der Waals surface area contributed by atoms with Gasteiger partial charge >= 0.3 is 0 Å². The molecule has 0 aliphatic carbocycles. The molecule has 1 atom stereocenters. The first-order valence-corrected chi connectivity index (χ1v) is 8.98. The number of ether oxygens (including phenoxy) is 1. The zero-order chi connectivity index (χ0) is 16.8. The average molecular weight is 352 g/mol. The lowest BCUT2D eigenvalue weighted by Crippen LogP contribution is -2.30. The number of benzene rings is 2. The number of hydrogen-bond donors (Lipinski definition) is 0. The number of amides is 1. The quantitative estimate of drug-likeness (QED) is 0.802. The van der Waals surface area contributed by atoms with Crippen molar-refractivity contribution < 1.29 is 13.7 Å². The Morgan fingerprint density at radius 1 is 1.22 bits per heavy atom. The molecular formula is C17H18ClNO3S. The van der Waals surface area contributed by atoms with Crippen LogP contribution in [0.4, 0.5) is 0 Å². The summed E-state index contributed by atoms with van der Waals surface area (Å²) in [7, 11) is 0.673. The lowest BCUT2D eigenvalue weighted by Gasteiger charge is -2.17. The minimum atomic E-state index is -1.04. The second kappa shape index (κ2) is 8.13. The first-order valence-electron chi connectivity index (χ1n) is 7.04. The number of nitrogens with zero attached hydrogens (tertiary/aromatic N) is 1. The van der Waals surface area contributed by atoms with E-state index in [1.807, 2.05) is 12.1 Å². The molecule has 0 heterocycles. The molecule has 1 amide bonds. The van der Waals surface area contributed by atoms with Crippen molar-refractivity contribution in [1.82, 2.24) is 4.90 Å². The summed E-state index contributed by atoms with van der Waals surface area (Å²) in [5.41, 5.74) is 0.560. The number of carbonyl (C=O) groups is 1. The Hall–Kier alpha value is -1.85. The normalized spacial score (nSPS) is 11.8. The predicted molar refractivity (Wildman–Crippen MR) is 92.7 cm³/mol. The summed E-state index contributed by atoms with van der Waals surface area (Å²) in [5, 5.41) is 0.611. The Bertz CT molecular complexity index is 703. The van der Waals surface area contributed by atoms with E-state index in [-0.39, 0.29) is 5.91 Å². The van der Waals surface area contributed by atoms with E-state index in [1.54, 1.807) is 54.6 Å². The van der Waals surface area contributed by atoms with Crippen LogP contribution >= 0.6 is 11.6 Å². The van der Waals surface area contributed by atoms with Gasteiger partial charge in [-0.3, -0.25) is 9.00 Å². The minimum absolute atomic E-state index is 0.104. The maximum atomic E-state index is 12.3. The van der Waals surface area contributed by atoms with Crippen LogP contribution in [0.3, 0.4) is 0 Å². The number of hydrogen-bond acceptors (Lipinski definition) is 3. The van der Waals surface area contributed by atoms with Crippen LogP contribution in [0.2, 0.25) is 5.02 Å². The molecule has 0 aliphatic heterocycles. The highest BCUT2D eigenvalue weighted by molar-refractivity contribution is 7.84. The van der Waals surface area contributed by atoms with Gasteiger partial charge in [0.25, 0.3) is 5.91 Å². The summed E-state index contributed by atoms with van der Waals surface area (Å²) in [5.74, 6) is 0.571. The van der Waals surface area contributed by atoms with Gasteiger partial charge in [-0.15, -0.1) is 0 Å². The lowest BCUT2D eigenvalue weighted by atomic mass is 10.2. The highest BCUT2D eigenvalue weighted by atomic mass is 35.5. The summed E-state index contributed by atoms with van der Waals surface area (Å²) in [6.07, 6.45) is 1.61. The smallest absolute Gasteiger partial charge is 0.253 e. The van der Waals surface area contributed by atoms with Gasteiger partial charge in [-0.05, 0) is 42.5 Å². The SMILES string of the molecule is CN(CCOc1cccc(Cl)c1)C(=O)c1ccc(S(C)=O)cc1. The van der Waals surface area contributed by atoms with Crippen molar-refractivity contribution in [2.45, 2.75) is 4.90 Å². The minimum Gasteiger partial charge on any atom is -0.492 e. The maximum Gasteiger partial charge on any atom is 0.253 e. The summed E-state index contributed by atoms with van der Waals surface area (Å²) >= 11 is 5.89. The topological polar surface area (TPSA) is 46.6 Å². The van der Waals surface area contributed by atoms with Crippen molar-refractivity contribution >= 4 is 28.3 Å². The van der Waals surface area contributed by atoms with Crippen LogP contribution in [0, 0.1) is 0 Å². The fraction of sp³-hybridized carbons (Fsp3) is 0.235. The van der Waals surface area contributed by atoms with Gasteiger partial charge in [-0.2, -0.15) is 0 Å². The van der Waals surface area contributed by atoms with E-state index < -0.39 is 10.8 Å². The van der Waals surface area contributed by atoms with E-state index in [2.05, 4.69) is 0 Å².